The van der Waals surface area contributed by atoms with Gasteiger partial charge in [-0.3, -0.25) is 9.52 Å². The summed E-state index contributed by atoms with van der Waals surface area (Å²) in [6, 6.07) is 11.5. The monoisotopic (exact) mass is 419 g/mol. The van der Waals surface area contributed by atoms with Crippen molar-refractivity contribution in [3.63, 3.8) is 0 Å². The molecule has 0 spiro atoms. The summed E-state index contributed by atoms with van der Waals surface area (Å²) in [7, 11) is -3.70. The molecule has 1 amide bonds. The highest BCUT2D eigenvalue weighted by atomic mass is 32.2. The van der Waals surface area contributed by atoms with Crippen molar-refractivity contribution in [1.29, 1.82) is 0 Å². The smallest absolute Gasteiger partial charge is 0.261 e. The molecule has 2 aromatic rings. The van der Waals surface area contributed by atoms with E-state index in [1.165, 1.54) is 12.1 Å². The normalized spacial score (nSPS) is 11.2. The molecule has 0 saturated heterocycles. The Hall–Kier alpha value is -2.45. The number of carbonyl (C=O) groups excluding carboxylic acids is 1. The molecule has 2 rings (SSSR count). The van der Waals surface area contributed by atoms with E-state index in [0.29, 0.717) is 17.8 Å². The van der Waals surface area contributed by atoms with E-state index in [0.717, 1.165) is 11.1 Å². The first kappa shape index (κ1) is 21.8. The molecule has 2 aromatic carbocycles. The molecule has 0 aliphatic carbocycles. The Morgan fingerprint density at radius 3 is 2.18 bits per heavy atom. The van der Waals surface area contributed by atoms with Gasteiger partial charge < -0.3 is 10.6 Å². The van der Waals surface area contributed by atoms with E-state index in [9.17, 15) is 13.2 Å². The van der Waals surface area contributed by atoms with Crippen LogP contribution in [0.4, 0.5) is 11.4 Å². The lowest BCUT2D eigenvalue weighted by molar-refractivity contribution is -0.120. The Kier molecular flexibility index (Phi) is 7.15. The number of anilines is 2. The number of amides is 1. The average molecular weight is 420 g/mol. The summed E-state index contributed by atoms with van der Waals surface area (Å²) in [6.07, 6.45) is 0.378. The van der Waals surface area contributed by atoms with Crippen molar-refractivity contribution < 1.29 is 13.2 Å². The molecular formula is C20H25N3O3S2. The molecular weight excluding hydrogens is 394 g/mol. The van der Waals surface area contributed by atoms with Crippen molar-refractivity contribution in [3.8, 4) is 0 Å². The van der Waals surface area contributed by atoms with E-state index in [4.69, 9.17) is 12.2 Å². The minimum absolute atomic E-state index is 0.131. The fraction of sp³-hybridized carbons (Fsp3) is 0.300. The standard InChI is InChI=1S/C20H25N3O3S2/c1-13(2)11-19(24)22-20(27)21-16-7-9-18(10-8-16)28(25,26)23-17-6-5-14(3)15(4)12-17/h5-10,12-13,23H,11H2,1-4H3,(H2,21,22,24,27). The molecule has 0 radical (unpaired) electrons. The van der Waals surface area contributed by atoms with E-state index < -0.39 is 10.0 Å². The van der Waals surface area contributed by atoms with Crippen LogP contribution in [0.3, 0.4) is 0 Å². The number of hydrogen-bond acceptors (Lipinski definition) is 4. The molecule has 0 heterocycles. The van der Waals surface area contributed by atoms with E-state index in [1.807, 2.05) is 33.8 Å². The van der Waals surface area contributed by atoms with Crippen LogP contribution in [0.25, 0.3) is 0 Å². The molecule has 0 aromatic heterocycles. The Balaban J connectivity index is 2.03. The van der Waals surface area contributed by atoms with Crippen molar-refractivity contribution in [2.45, 2.75) is 39.0 Å². The van der Waals surface area contributed by atoms with Crippen LogP contribution >= 0.6 is 12.2 Å². The van der Waals surface area contributed by atoms with Gasteiger partial charge in [0.2, 0.25) is 5.91 Å². The van der Waals surface area contributed by atoms with Crippen LogP contribution in [0, 0.1) is 19.8 Å². The molecule has 150 valence electrons. The summed E-state index contributed by atoms with van der Waals surface area (Å²) in [5.41, 5.74) is 3.20. The lowest BCUT2D eigenvalue weighted by Crippen LogP contribution is -2.34. The second-order valence-corrected chi connectivity index (χ2v) is 9.12. The minimum Gasteiger partial charge on any atom is -0.332 e. The van der Waals surface area contributed by atoms with E-state index >= 15 is 0 Å². The van der Waals surface area contributed by atoms with Gasteiger partial charge in [-0.1, -0.05) is 19.9 Å². The number of aryl methyl sites for hydroxylation is 2. The maximum Gasteiger partial charge on any atom is 0.261 e. The predicted molar refractivity (Wildman–Crippen MR) is 117 cm³/mol. The zero-order chi connectivity index (χ0) is 20.9. The second-order valence-electron chi connectivity index (χ2n) is 7.03. The highest BCUT2D eigenvalue weighted by Crippen LogP contribution is 2.20. The Bertz CT molecular complexity index is 969. The summed E-state index contributed by atoms with van der Waals surface area (Å²) >= 11 is 5.11. The van der Waals surface area contributed by atoms with Gasteiger partial charge >= 0.3 is 0 Å². The third-order valence-corrected chi connectivity index (χ3v) is 5.63. The fourth-order valence-electron chi connectivity index (χ4n) is 2.45. The molecule has 0 unspecified atom stereocenters. The van der Waals surface area contributed by atoms with Crippen LogP contribution in [-0.2, 0) is 14.8 Å². The number of carbonyl (C=O) groups is 1. The minimum atomic E-state index is -3.70. The zero-order valence-corrected chi connectivity index (χ0v) is 18.0. The SMILES string of the molecule is Cc1ccc(NS(=O)(=O)c2ccc(NC(=S)NC(=O)CC(C)C)cc2)cc1C. The fourth-order valence-corrected chi connectivity index (χ4v) is 3.73. The van der Waals surface area contributed by atoms with Crippen LogP contribution in [-0.4, -0.2) is 19.4 Å². The third kappa shape index (κ3) is 6.31. The third-order valence-electron chi connectivity index (χ3n) is 4.03. The highest BCUT2D eigenvalue weighted by Gasteiger charge is 2.15. The van der Waals surface area contributed by atoms with Crippen molar-refractivity contribution in [2.75, 3.05) is 10.0 Å². The molecule has 0 aliphatic heterocycles. The van der Waals surface area contributed by atoms with Gasteiger partial charge in [0.1, 0.15) is 0 Å². The van der Waals surface area contributed by atoms with Gasteiger partial charge in [-0.2, -0.15) is 0 Å². The second kappa shape index (κ2) is 9.16. The number of thiocarbonyl (C=S) groups is 1. The Labute approximate surface area is 171 Å². The summed E-state index contributed by atoms with van der Waals surface area (Å²) in [6.45, 7) is 7.79. The molecule has 0 bridgehead atoms. The predicted octanol–water partition coefficient (Wildman–Crippen LogP) is 3.96. The van der Waals surface area contributed by atoms with Crippen LogP contribution in [0.1, 0.15) is 31.4 Å². The van der Waals surface area contributed by atoms with Crippen LogP contribution in [0.5, 0.6) is 0 Å². The van der Waals surface area contributed by atoms with Crippen molar-refractivity contribution in [2.24, 2.45) is 5.92 Å². The van der Waals surface area contributed by atoms with Crippen LogP contribution in [0.2, 0.25) is 0 Å². The van der Waals surface area contributed by atoms with E-state index in [1.54, 1.807) is 24.3 Å². The Morgan fingerprint density at radius 2 is 1.61 bits per heavy atom. The maximum absolute atomic E-state index is 12.6. The lowest BCUT2D eigenvalue weighted by Gasteiger charge is -2.12. The molecule has 3 N–H and O–H groups in total. The molecule has 28 heavy (non-hydrogen) atoms. The molecule has 8 heteroatoms. The average Bonchev–Trinajstić information content (AvgIpc) is 2.57. The van der Waals surface area contributed by atoms with E-state index in [2.05, 4.69) is 15.4 Å². The molecule has 0 fully saturated rings. The lowest BCUT2D eigenvalue weighted by atomic mass is 10.1. The summed E-state index contributed by atoms with van der Waals surface area (Å²) < 4.78 is 27.7. The van der Waals surface area contributed by atoms with Crippen LogP contribution < -0.4 is 15.4 Å². The molecule has 0 saturated carbocycles. The summed E-state index contributed by atoms with van der Waals surface area (Å²) in [4.78, 5) is 11.9. The number of benzene rings is 2. The number of nitrogens with one attached hydrogen (secondary N) is 3. The van der Waals surface area contributed by atoms with Crippen molar-refractivity contribution in [3.05, 3.63) is 53.6 Å². The van der Waals surface area contributed by atoms with Crippen LogP contribution in [0.15, 0.2) is 47.4 Å². The van der Waals surface area contributed by atoms with Gasteiger partial charge in [0.15, 0.2) is 5.11 Å². The maximum atomic E-state index is 12.6. The van der Waals surface area contributed by atoms with Gasteiger partial charge in [-0.05, 0) is 79.5 Å². The topological polar surface area (TPSA) is 87.3 Å². The highest BCUT2D eigenvalue weighted by molar-refractivity contribution is 7.92. The van der Waals surface area contributed by atoms with Gasteiger partial charge in [0.05, 0.1) is 4.90 Å². The quantitative estimate of drug-likeness (QED) is 0.617. The molecule has 0 atom stereocenters. The largest absolute Gasteiger partial charge is 0.332 e. The van der Waals surface area contributed by atoms with Gasteiger partial charge in [0.25, 0.3) is 10.0 Å². The van der Waals surface area contributed by atoms with Gasteiger partial charge in [-0.25, -0.2) is 8.42 Å². The summed E-state index contributed by atoms with van der Waals surface area (Å²) in [5.74, 6) is 0.0707. The number of sulfonamides is 1. The van der Waals surface area contributed by atoms with Crippen molar-refractivity contribution >= 4 is 44.6 Å². The molecule has 0 aliphatic rings. The Morgan fingerprint density at radius 1 is 1.00 bits per heavy atom. The van der Waals surface area contributed by atoms with Gasteiger partial charge in [-0.15, -0.1) is 0 Å². The number of hydrogen-bond donors (Lipinski definition) is 3. The first-order chi connectivity index (χ1) is 13.1. The van der Waals surface area contributed by atoms with Crippen molar-refractivity contribution in [1.82, 2.24) is 5.32 Å². The molecule has 6 nitrogen and oxygen atoms in total. The summed E-state index contributed by atoms with van der Waals surface area (Å²) in [5, 5.41) is 5.65. The van der Waals surface area contributed by atoms with Gasteiger partial charge in [0, 0.05) is 17.8 Å². The zero-order valence-electron chi connectivity index (χ0n) is 16.4. The van der Waals surface area contributed by atoms with E-state index in [-0.39, 0.29) is 21.8 Å². The first-order valence-corrected chi connectivity index (χ1v) is 10.8. The first-order valence-electron chi connectivity index (χ1n) is 8.88. The number of rotatable bonds is 6.